The van der Waals surface area contributed by atoms with Crippen molar-refractivity contribution in [2.24, 2.45) is 5.73 Å². The number of likely N-dealkylation sites (tertiary alicyclic amines) is 1. The summed E-state index contributed by atoms with van der Waals surface area (Å²) in [5, 5.41) is 8.90. The van der Waals surface area contributed by atoms with Crippen LogP contribution in [0.2, 0.25) is 0 Å². The molecule has 0 bridgehead atoms. The Balaban J connectivity index is 0.000000235. The zero-order valence-corrected chi connectivity index (χ0v) is 12.9. The Morgan fingerprint density at radius 2 is 2.38 bits per heavy atom. The minimum atomic E-state index is -0.644. The summed E-state index contributed by atoms with van der Waals surface area (Å²) in [6, 6.07) is -0.197. The molecule has 0 radical (unpaired) electrons. The Kier molecular flexibility index (Phi) is 8.69. The van der Waals surface area contributed by atoms with Gasteiger partial charge in [-0.25, -0.2) is 4.98 Å². The molecule has 0 aliphatic carbocycles. The summed E-state index contributed by atoms with van der Waals surface area (Å²) in [6.45, 7) is 4.77. The largest absolute Gasteiger partial charge is 0.480 e. The molecule has 1 saturated heterocycles. The van der Waals surface area contributed by atoms with E-state index >= 15 is 0 Å². The van der Waals surface area contributed by atoms with Crippen molar-refractivity contribution in [1.29, 1.82) is 0 Å². The Morgan fingerprint density at radius 3 is 2.95 bits per heavy atom. The highest BCUT2D eigenvalue weighted by Gasteiger charge is 2.29. The lowest BCUT2D eigenvalue weighted by atomic mass is 10.2. The Bertz CT molecular complexity index is 381. The van der Waals surface area contributed by atoms with Crippen LogP contribution < -0.4 is 5.73 Å². The van der Waals surface area contributed by atoms with E-state index in [2.05, 4.69) is 21.8 Å². The topological polar surface area (TPSA) is 95.2 Å². The van der Waals surface area contributed by atoms with E-state index in [-0.39, 0.29) is 6.04 Å². The molecule has 4 N–H and O–H groups in total. The maximum Gasteiger partial charge on any atom is 0.320 e. The Hall–Kier alpha value is -1.40. The van der Waals surface area contributed by atoms with Crippen LogP contribution in [-0.2, 0) is 11.2 Å². The molecule has 2 rings (SSSR count). The molecule has 1 fully saturated rings. The van der Waals surface area contributed by atoms with Gasteiger partial charge in [-0.15, -0.1) is 0 Å². The highest BCUT2D eigenvalue weighted by molar-refractivity contribution is 5.73. The average molecular weight is 296 g/mol. The number of rotatable bonds is 7. The smallest absolute Gasteiger partial charge is 0.320 e. The van der Waals surface area contributed by atoms with E-state index in [9.17, 15) is 4.79 Å². The zero-order valence-electron chi connectivity index (χ0n) is 12.9. The number of hydrogen-bond donors (Lipinski definition) is 3. The third-order valence-electron chi connectivity index (χ3n) is 3.65. The maximum absolute atomic E-state index is 10.8. The first-order chi connectivity index (χ1) is 10.2. The van der Waals surface area contributed by atoms with Gasteiger partial charge < -0.3 is 15.8 Å². The quantitative estimate of drug-likeness (QED) is 0.665. The van der Waals surface area contributed by atoms with Crippen LogP contribution in [0.15, 0.2) is 12.5 Å². The van der Waals surface area contributed by atoms with Crippen molar-refractivity contribution < 1.29 is 9.90 Å². The lowest BCUT2D eigenvalue weighted by molar-refractivity contribution is -0.142. The molecule has 1 aliphatic heterocycles. The highest BCUT2D eigenvalue weighted by atomic mass is 16.4. The molecule has 120 valence electrons. The van der Waals surface area contributed by atoms with E-state index in [1.807, 2.05) is 6.20 Å². The minimum Gasteiger partial charge on any atom is -0.480 e. The summed E-state index contributed by atoms with van der Waals surface area (Å²) in [5.41, 5.74) is 6.30. The number of unbranched alkanes of at least 4 members (excludes halogenated alkanes) is 2. The van der Waals surface area contributed by atoms with Gasteiger partial charge in [-0.3, -0.25) is 9.69 Å². The van der Waals surface area contributed by atoms with Gasteiger partial charge in [-0.2, -0.15) is 0 Å². The van der Waals surface area contributed by atoms with Crippen molar-refractivity contribution in [3.63, 3.8) is 0 Å². The number of nitrogens with zero attached hydrogens (tertiary/aromatic N) is 2. The van der Waals surface area contributed by atoms with E-state index in [0.29, 0.717) is 6.54 Å². The highest BCUT2D eigenvalue weighted by Crippen LogP contribution is 2.17. The fraction of sp³-hybridized carbons (Fsp3) is 0.733. The summed E-state index contributed by atoms with van der Waals surface area (Å²) in [5.74, 6) is -0.644. The zero-order chi connectivity index (χ0) is 15.5. The molecule has 0 aromatic carbocycles. The summed E-state index contributed by atoms with van der Waals surface area (Å²) in [4.78, 5) is 19.7. The van der Waals surface area contributed by atoms with Crippen molar-refractivity contribution >= 4 is 5.97 Å². The number of carbonyl (C=O) groups is 1. The van der Waals surface area contributed by atoms with Crippen molar-refractivity contribution in [3.8, 4) is 0 Å². The average Bonchev–Trinajstić information content (AvgIpc) is 3.11. The molecule has 1 atom stereocenters. The van der Waals surface area contributed by atoms with Gasteiger partial charge in [0.1, 0.15) is 6.04 Å². The number of H-pyrrole nitrogens is 1. The molecule has 6 heteroatoms. The lowest BCUT2D eigenvalue weighted by Crippen LogP contribution is -2.36. The molecule has 1 aromatic heterocycles. The summed E-state index contributed by atoms with van der Waals surface area (Å²) < 4.78 is 0. The van der Waals surface area contributed by atoms with Gasteiger partial charge in [-0.1, -0.05) is 19.8 Å². The molecular formula is C15H28N4O2. The van der Waals surface area contributed by atoms with Gasteiger partial charge >= 0.3 is 5.97 Å². The molecule has 1 aliphatic rings. The van der Waals surface area contributed by atoms with Crippen LogP contribution in [0.25, 0.3) is 0 Å². The van der Waals surface area contributed by atoms with Gasteiger partial charge in [0.2, 0.25) is 0 Å². The van der Waals surface area contributed by atoms with Crippen molar-refractivity contribution in [2.45, 2.75) is 51.5 Å². The summed E-state index contributed by atoms with van der Waals surface area (Å²) in [6.07, 6.45) is 9.81. The van der Waals surface area contributed by atoms with E-state index in [1.165, 1.54) is 12.8 Å². The molecule has 6 nitrogen and oxygen atoms in total. The number of aromatic amines is 1. The van der Waals surface area contributed by atoms with Crippen LogP contribution in [0.1, 0.15) is 44.7 Å². The number of hydrogen-bond acceptors (Lipinski definition) is 4. The number of aromatic nitrogens is 2. The standard InChI is InChI=1S/C10H19NO2.C5H9N3/c1-2-3-4-7-11-8-5-6-9(11)10(12)13;6-2-1-5-3-7-4-8-5/h9H,2-8H2,1H3,(H,12,13);3-4H,1-2,6H2,(H,7,8)/t9-;/m0./s1. The van der Waals surface area contributed by atoms with Crippen molar-refractivity contribution in [1.82, 2.24) is 14.9 Å². The van der Waals surface area contributed by atoms with Gasteiger partial charge in [0.15, 0.2) is 0 Å². The van der Waals surface area contributed by atoms with Crippen LogP contribution in [0, 0.1) is 0 Å². The van der Waals surface area contributed by atoms with Crippen molar-refractivity contribution in [2.75, 3.05) is 19.6 Å². The van der Waals surface area contributed by atoms with Gasteiger partial charge in [0.05, 0.1) is 12.0 Å². The number of aliphatic carboxylic acids is 1. The molecule has 0 unspecified atom stereocenters. The number of nitrogens with one attached hydrogen (secondary N) is 1. The van der Waals surface area contributed by atoms with E-state index < -0.39 is 5.97 Å². The van der Waals surface area contributed by atoms with Gasteiger partial charge in [0.25, 0.3) is 0 Å². The number of nitrogens with two attached hydrogens (primary N) is 1. The molecule has 0 saturated carbocycles. The monoisotopic (exact) mass is 296 g/mol. The summed E-state index contributed by atoms with van der Waals surface area (Å²) in [7, 11) is 0. The molecule has 21 heavy (non-hydrogen) atoms. The van der Waals surface area contributed by atoms with Crippen LogP contribution in [0.5, 0.6) is 0 Å². The first-order valence-electron chi connectivity index (χ1n) is 7.83. The fourth-order valence-corrected chi connectivity index (χ4v) is 2.51. The molecule has 2 heterocycles. The third-order valence-corrected chi connectivity index (χ3v) is 3.65. The Morgan fingerprint density at radius 1 is 1.57 bits per heavy atom. The number of carboxylic acid groups (broad SMARTS) is 1. The van der Waals surface area contributed by atoms with Gasteiger partial charge in [-0.05, 0) is 38.9 Å². The van der Waals surface area contributed by atoms with Crippen molar-refractivity contribution in [3.05, 3.63) is 18.2 Å². The van der Waals surface area contributed by atoms with E-state index in [0.717, 1.165) is 44.5 Å². The third kappa shape index (κ3) is 6.73. The molecule has 0 spiro atoms. The predicted octanol–water partition coefficient (Wildman–Crippen LogP) is 1.64. The fourth-order valence-electron chi connectivity index (χ4n) is 2.51. The Labute approximate surface area is 126 Å². The second-order valence-corrected chi connectivity index (χ2v) is 5.34. The first-order valence-corrected chi connectivity index (χ1v) is 7.83. The van der Waals surface area contributed by atoms with Gasteiger partial charge in [0, 0.05) is 12.6 Å². The normalized spacial score (nSPS) is 18.3. The number of carboxylic acids is 1. The van der Waals surface area contributed by atoms with Crippen LogP contribution in [0.4, 0.5) is 0 Å². The lowest BCUT2D eigenvalue weighted by Gasteiger charge is -2.20. The molecular weight excluding hydrogens is 268 g/mol. The van der Waals surface area contributed by atoms with E-state index in [4.69, 9.17) is 10.8 Å². The van der Waals surface area contributed by atoms with Crippen LogP contribution in [-0.4, -0.2) is 51.6 Å². The van der Waals surface area contributed by atoms with Crippen LogP contribution >= 0.6 is 0 Å². The second kappa shape index (κ2) is 10.3. The number of imidazole rings is 1. The minimum absolute atomic E-state index is 0.197. The SMILES string of the molecule is CCCCCN1CCC[C@H]1C(=O)O.NCCc1c[nH]cn1. The van der Waals surface area contributed by atoms with E-state index in [1.54, 1.807) is 6.33 Å². The second-order valence-electron chi connectivity index (χ2n) is 5.34. The maximum atomic E-state index is 10.8. The first kappa shape index (κ1) is 17.7. The van der Waals surface area contributed by atoms with Crippen LogP contribution in [0.3, 0.4) is 0 Å². The molecule has 0 amide bonds. The summed E-state index contributed by atoms with van der Waals surface area (Å²) >= 11 is 0. The molecule has 1 aromatic rings. The predicted molar refractivity (Wildman–Crippen MR) is 83.1 cm³/mol.